The highest BCUT2D eigenvalue weighted by Crippen LogP contribution is 2.53. The predicted molar refractivity (Wildman–Crippen MR) is 261 cm³/mol. The first-order chi connectivity index (χ1) is 29.1. The van der Waals surface area contributed by atoms with E-state index in [0.717, 1.165) is 29.5 Å². The van der Waals surface area contributed by atoms with Crippen molar-refractivity contribution in [2.75, 3.05) is 5.32 Å². The van der Waals surface area contributed by atoms with E-state index in [1.165, 1.54) is 112 Å². The van der Waals surface area contributed by atoms with Gasteiger partial charge in [-0.3, -0.25) is 0 Å². The van der Waals surface area contributed by atoms with E-state index in [9.17, 15) is 0 Å². The summed E-state index contributed by atoms with van der Waals surface area (Å²) in [6.45, 7) is 21.4. The second kappa shape index (κ2) is 12.1. The molecule has 0 saturated carbocycles. The minimum Gasteiger partial charge on any atom is -0.456 e. The van der Waals surface area contributed by atoms with Crippen LogP contribution in [-0.2, 0) is 21.7 Å². The fourth-order valence-electron chi connectivity index (χ4n) is 11.5. The maximum atomic E-state index is 6.59. The fourth-order valence-corrected chi connectivity index (χ4v) is 11.5. The summed E-state index contributed by atoms with van der Waals surface area (Å²) in [7, 11) is 0.811. The van der Waals surface area contributed by atoms with Crippen LogP contribution >= 0.6 is 0 Å². The third-order valence-corrected chi connectivity index (χ3v) is 15.2. The van der Waals surface area contributed by atoms with Crippen molar-refractivity contribution in [1.29, 1.82) is 0 Å². The van der Waals surface area contributed by atoms with Crippen molar-refractivity contribution < 1.29 is 4.42 Å². The molecule has 3 heterocycles. The van der Waals surface area contributed by atoms with Gasteiger partial charge in [-0.25, -0.2) is 0 Å². The van der Waals surface area contributed by atoms with Gasteiger partial charge in [0, 0.05) is 55.1 Å². The molecule has 9 aromatic rings. The van der Waals surface area contributed by atoms with Crippen LogP contribution in [0.25, 0.3) is 71.7 Å². The molecule has 0 saturated heterocycles. The number of para-hydroxylation sites is 1. The smallest absolute Gasteiger partial charge is 0.198 e. The minimum atomic E-state index is -0.0906. The van der Waals surface area contributed by atoms with E-state index in [1.807, 2.05) is 0 Å². The lowest BCUT2D eigenvalue weighted by Crippen LogP contribution is -2.37. The summed E-state index contributed by atoms with van der Waals surface area (Å²) in [6, 6.07) is 46.3. The summed E-state index contributed by atoms with van der Waals surface area (Å²) < 4.78 is 9.20. The number of hydrogen-bond acceptors (Lipinski definition) is 2. The van der Waals surface area contributed by atoms with Crippen molar-refractivity contribution in [1.82, 2.24) is 4.57 Å². The normalized spacial score (nSPS) is 16.7. The van der Waals surface area contributed by atoms with Crippen molar-refractivity contribution >= 4 is 73.3 Å². The summed E-state index contributed by atoms with van der Waals surface area (Å²) in [6.07, 6.45) is 2.33. The molecule has 0 amide bonds. The largest absolute Gasteiger partial charge is 0.456 e. The van der Waals surface area contributed by atoms with Crippen LogP contribution in [0.4, 0.5) is 11.4 Å². The topological polar surface area (TPSA) is 30.1 Å². The summed E-state index contributed by atoms with van der Waals surface area (Å²) in [5, 5.41) is 8.97. The Morgan fingerprint density at radius 2 is 1.30 bits per heavy atom. The molecule has 0 radical (unpaired) electrons. The third-order valence-electron chi connectivity index (χ3n) is 15.2. The Balaban J connectivity index is 1.16. The van der Waals surface area contributed by atoms with Crippen molar-refractivity contribution in [3.63, 3.8) is 0 Å². The molecular formula is C57H53BN2O. The van der Waals surface area contributed by atoms with Crippen LogP contribution in [-0.4, -0.2) is 11.8 Å². The Bertz CT molecular complexity index is 3360. The molecule has 3 aliphatic rings. The number of fused-ring (bicyclic) bond motifs is 12. The maximum Gasteiger partial charge on any atom is 0.198 e. The Kier molecular flexibility index (Phi) is 7.30. The number of nitrogens with zero attached hydrogens (tertiary/aromatic N) is 1. The number of benzene rings is 7. The summed E-state index contributed by atoms with van der Waals surface area (Å²) in [4.78, 5) is 0. The van der Waals surface area contributed by atoms with Gasteiger partial charge in [0.15, 0.2) is 7.28 Å². The number of furan rings is 1. The molecule has 7 aromatic carbocycles. The fraction of sp³-hybridized carbons (Fsp3) is 0.263. The zero-order valence-electron chi connectivity index (χ0n) is 37.0. The van der Waals surface area contributed by atoms with Gasteiger partial charge >= 0.3 is 0 Å². The first-order valence-corrected chi connectivity index (χ1v) is 22.3. The highest BCUT2D eigenvalue weighted by atomic mass is 16.3. The van der Waals surface area contributed by atoms with Crippen LogP contribution in [0.15, 0.2) is 126 Å². The average molecular weight is 793 g/mol. The van der Waals surface area contributed by atoms with E-state index in [0.29, 0.717) is 0 Å². The summed E-state index contributed by atoms with van der Waals surface area (Å²) in [5.41, 5.74) is 23.1. The standard InChI is InChI=1S/C57H53BN2O/c1-54(2,3)32-18-20-33(21-19-32)59-47-30-45-44(55(4,5)24-25-56(45,6)7)26-39(47)36-22-23-37-40-27-43-38(34-14-10-12-16-42(34)57(43,8)9)28-48(40)60-49-29-41-35-15-11-13-17-50(35)61-51(41)31-46(49)58-52(36)53(37)60/h10-23,26-31,58-59H,24-25H2,1-9H3. The van der Waals surface area contributed by atoms with Crippen LogP contribution in [0.5, 0.6) is 0 Å². The minimum absolute atomic E-state index is 0.0614. The van der Waals surface area contributed by atoms with E-state index in [-0.39, 0.29) is 21.7 Å². The second-order valence-electron chi connectivity index (χ2n) is 21.3. The molecule has 1 N–H and O–H groups in total. The molecule has 2 aromatic heterocycles. The molecule has 0 atom stereocenters. The highest BCUT2D eigenvalue weighted by Gasteiger charge is 2.40. The van der Waals surface area contributed by atoms with E-state index >= 15 is 0 Å². The predicted octanol–water partition coefficient (Wildman–Crippen LogP) is 13.7. The highest BCUT2D eigenvalue weighted by molar-refractivity contribution is 6.73. The van der Waals surface area contributed by atoms with E-state index in [2.05, 4.69) is 194 Å². The molecular weight excluding hydrogens is 739 g/mol. The van der Waals surface area contributed by atoms with Gasteiger partial charge in [-0.1, -0.05) is 135 Å². The van der Waals surface area contributed by atoms with Gasteiger partial charge in [-0.2, -0.15) is 0 Å². The lowest BCUT2D eigenvalue weighted by Gasteiger charge is -2.42. The molecule has 0 bridgehead atoms. The van der Waals surface area contributed by atoms with Gasteiger partial charge in [-0.05, 0) is 134 Å². The van der Waals surface area contributed by atoms with E-state index in [1.54, 1.807) is 0 Å². The quantitative estimate of drug-likeness (QED) is 0.181. The van der Waals surface area contributed by atoms with Crippen LogP contribution in [0, 0.1) is 0 Å². The average Bonchev–Trinajstić information content (AvgIpc) is 3.84. The van der Waals surface area contributed by atoms with Gasteiger partial charge in [0.1, 0.15) is 11.2 Å². The maximum absolute atomic E-state index is 6.59. The molecule has 61 heavy (non-hydrogen) atoms. The van der Waals surface area contributed by atoms with Crippen molar-refractivity contribution in [3.05, 3.63) is 149 Å². The Hall–Kier alpha value is -6.00. The molecule has 0 fully saturated rings. The first kappa shape index (κ1) is 36.8. The Morgan fingerprint density at radius 3 is 2.07 bits per heavy atom. The zero-order chi connectivity index (χ0) is 42.0. The van der Waals surface area contributed by atoms with Crippen LogP contribution in [0.2, 0.25) is 0 Å². The van der Waals surface area contributed by atoms with E-state index in [4.69, 9.17) is 4.42 Å². The van der Waals surface area contributed by atoms with Crippen LogP contribution in [0.3, 0.4) is 0 Å². The Morgan fingerprint density at radius 1 is 0.574 bits per heavy atom. The molecule has 0 spiro atoms. The van der Waals surface area contributed by atoms with Crippen LogP contribution < -0.4 is 16.2 Å². The van der Waals surface area contributed by atoms with E-state index < -0.39 is 0 Å². The molecule has 4 heteroatoms. The Labute approximate surface area is 360 Å². The third kappa shape index (κ3) is 5.17. The number of anilines is 2. The molecule has 12 rings (SSSR count). The molecule has 2 aliphatic carbocycles. The molecule has 1 aliphatic heterocycles. The lowest BCUT2D eigenvalue weighted by molar-refractivity contribution is 0.332. The zero-order valence-corrected chi connectivity index (χ0v) is 37.0. The summed E-state index contributed by atoms with van der Waals surface area (Å²) in [5.74, 6) is 0. The number of hydrogen-bond donors (Lipinski definition) is 1. The lowest BCUT2D eigenvalue weighted by atomic mass is 9.58. The van der Waals surface area contributed by atoms with Crippen molar-refractivity contribution in [2.24, 2.45) is 0 Å². The molecule has 0 unspecified atom stereocenters. The SMILES string of the molecule is CC(C)(C)c1ccc(Nc2cc3c(cc2-c2ccc4c5cc6c(cc5n5c4c2Bc2cc4oc7ccccc7c4cc2-5)-c2ccccc2C6(C)C)C(C)(C)CCC3(C)C)cc1. The number of nitrogens with one attached hydrogen (secondary N) is 1. The summed E-state index contributed by atoms with van der Waals surface area (Å²) >= 11 is 0. The number of rotatable bonds is 3. The van der Waals surface area contributed by atoms with Crippen molar-refractivity contribution in [3.8, 4) is 27.9 Å². The van der Waals surface area contributed by atoms with Gasteiger partial charge in [0.2, 0.25) is 0 Å². The monoisotopic (exact) mass is 792 g/mol. The molecule has 3 nitrogen and oxygen atoms in total. The van der Waals surface area contributed by atoms with Gasteiger partial charge < -0.3 is 14.3 Å². The molecule has 300 valence electrons. The van der Waals surface area contributed by atoms with Gasteiger partial charge in [0.05, 0.1) is 5.52 Å². The second-order valence-corrected chi connectivity index (χ2v) is 21.3. The van der Waals surface area contributed by atoms with Gasteiger partial charge in [-0.15, -0.1) is 0 Å². The van der Waals surface area contributed by atoms with Crippen LogP contribution in [0.1, 0.15) is 103 Å². The number of aromatic nitrogens is 1. The first-order valence-electron chi connectivity index (χ1n) is 22.3. The van der Waals surface area contributed by atoms with Gasteiger partial charge in [0.25, 0.3) is 0 Å². The van der Waals surface area contributed by atoms with Crippen molar-refractivity contribution in [2.45, 2.75) is 96.8 Å².